The fourth-order valence-electron chi connectivity index (χ4n) is 11.8. The first-order valence-corrected chi connectivity index (χ1v) is 36.3. The lowest BCUT2D eigenvalue weighted by Crippen LogP contribution is -2.66. The second-order valence-electron chi connectivity index (χ2n) is 25.7. The van der Waals surface area contributed by atoms with E-state index in [-0.39, 0.29) is 18.9 Å². The predicted molar refractivity (Wildman–Crippen MR) is 364 cm³/mol. The largest absolute Gasteiger partial charge is 0.394 e. The zero-order chi connectivity index (χ0) is 67.5. The summed E-state index contributed by atoms with van der Waals surface area (Å²) in [7, 11) is 0. The average Bonchev–Trinajstić information content (AvgIpc) is 0.805. The van der Waals surface area contributed by atoms with Crippen LogP contribution in [-0.4, -0.2) is 193 Å². The topological polar surface area (TPSA) is 307 Å². The van der Waals surface area contributed by atoms with E-state index in [4.69, 9.17) is 28.4 Å². The van der Waals surface area contributed by atoms with Gasteiger partial charge in [0, 0.05) is 6.42 Å². The van der Waals surface area contributed by atoms with Crippen molar-refractivity contribution in [1.29, 1.82) is 0 Å². The van der Waals surface area contributed by atoms with Crippen LogP contribution in [0.4, 0.5) is 0 Å². The van der Waals surface area contributed by atoms with E-state index in [0.717, 1.165) is 83.5 Å². The summed E-state index contributed by atoms with van der Waals surface area (Å²) in [5.41, 5.74) is 0. The zero-order valence-corrected chi connectivity index (χ0v) is 57.0. The molecule has 3 aliphatic rings. The summed E-state index contributed by atoms with van der Waals surface area (Å²) in [6, 6.07) is -0.974. The van der Waals surface area contributed by atoms with Crippen molar-refractivity contribution in [3.8, 4) is 0 Å². The van der Waals surface area contributed by atoms with Crippen LogP contribution in [-0.2, 0) is 33.2 Å². The molecular formula is C74H129NO18. The Hall–Kier alpha value is -3.03. The zero-order valence-electron chi connectivity index (χ0n) is 57.0. The summed E-state index contributed by atoms with van der Waals surface area (Å²) in [6.45, 7) is 1.59. The number of nitrogens with one attached hydrogen (secondary N) is 1. The van der Waals surface area contributed by atoms with Crippen LogP contribution in [0.25, 0.3) is 0 Å². The highest BCUT2D eigenvalue weighted by molar-refractivity contribution is 5.76. The molecule has 3 rings (SSSR count). The Morgan fingerprint density at radius 1 is 0.398 bits per heavy atom. The van der Waals surface area contributed by atoms with Crippen LogP contribution in [0.3, 0.4) is 0 Å². The van der Waals surface area contributed by atoms with Crippen LogP contribution < -0.4 is 5.32 Å². The molecule has 17 unspecified atom stereocenters. The third kappa shape index (κ3) is 36.4. The van der Waals surface area contributed by atoms with Crippen LogP contribution >= 0.6 is 0 Å². The van der Waals surface area contributed by atoms with Crippen LogP contribution in [0.2, 0.25) is 0 Å². The van der Waals surface area contributed by atoms with Gasteiger partial charge in [-0.15, -0.1) is 0 Å². The molecule has 1 amide bonds. The van der Waals surface area contributed by atoms with E-state index in [1.54, 1.807) is 6.08 Å². The van der Waals surface area contributed by atoms with Gasteiger partial charge in [-0.2, -0.15) is 0 Å². The number of aliphatic hydroxyl groups is 11. The number of amides is 1. The van der Waals surface area contributed by atoms with Crippen LogP contribution in [0.15, 0.2) is 85.1 Å². The summed E-state index contributed by atoms with van der Waals surface area (Å²) < 4.78 is 34.3. The minimum absolute atomic E-state index is 0.242. The number of hydrogen-bond donors (Lipinski definition) is 12. The molecule has 0 bridgehead atoms. The van der Waals surface area contributed by atoms with Crippen molar-refractivity contribution in [3.63, 3.8) is 0 Å². The second-order valence-corrected chi connectivity index (χ2v) is 25.7. The average molecular weight is 1320 g/mol. The molecule has 0 aromatic heterocycles. The number of hydrogen-bond acceptors (Lipinski definition) is 18. The minimum atomic E-state index is -1.98. The van der Waals surface area contributed by atoms with Gasteiger partial charge in [-0.25, -0.2) is 0 Å². The molecule has 3 heterocycles. The van der Waals surface area contributed by atoms with Gasteiger partial charge in [0.2, 0.25) is 5.91 Å². The first kappa shape index (κ1) is 84.2. The van der Waals surface area contributed by atoms with Crippen molar-refractivity contribution >= 4 is 5.91 Å². The summed E-state index contributed by atoms with van der Waals surface area (Å²) in [5.74, 6) is -0.277. The van der Waals surface area contributed by atoms with Crippen LogP contribution in [0.5, 0.6) is 0 Å². The van der Waals surface area contributed by atoms with Crippen LogP contribution in [0.1, 0.15) is 245 Å². The van der Waals surface area contributed by atoms with Crippen molar-refractivity contribution in [3.05, 3.63) is 85.1 Å². The van der Waals surface area contributed by atoms with E-state index in [9.17, 15) is 61.0 Å². The Morgan fingerprint density at radius 3 is 1.16 bits per heavy atom. The molecule has 0 saturated carbocycles. The monoisotopic (exact) mass is 1320 g/mol. The van der Waals surface area contributed by atoms with E-state index in [1.165, 1.54) is 135 Å². The quantitative estimate of drug-likeness (QED) is 0.0199. The molecular weight excluding hydrogens is 1190 g/mol. The smallest absolute Gasteiger partial charge is 0.220 e. The summed E-state index contributed by atoms with van der Waals surface area (Å²) in [6.07, 6.45) is 44.5. The Kier molecular flexibility index (Phi) is 49.7. The molecule has 0 radical (unpaired) electrons. The van der Waals surface area contributed by atoms with Crippen LogP contribution in [0, 0.1) is 0 Å². The summed E-state index contributed by atoms with van der Waals surface area (Å²) in [4.78, 5) is 13.4. The summed E-state index contributed by atoms with van der Waals surface area (Å²) >= 11 is 0. The Morgan fingerprint density at radius 2 is 0.742 bits per heavy atom. The number of allylic oxidation sites excluding steroid dienone is 13. The van der Waals surface area contributed by atoms with Gasteiger partial charge < -0.3 is 89.9 Å². The van der Waals surface area contributed by atoms with E-state index in [2.05, 4.69) is 92.1 Å². The molecule has 3 aliphatic heterocycles. The molecule has 19 heteroatoms. The highest BCUT2D eigenvalue weighted by Crippen LogP contribution is 2.33. The van der Waals surface area contributed by atoms with Gasteiger partial charge >= 0.3 is 0 Å². The predicted octanol–water partition coefficient (Wildman–Crippen LogP) is 10.3. The van der Waals surface area contributed by atoms with Gasteiger partial charge in [0.1, 0.15) is 73.2 Å². The lowest BCUT2D eigenvalue weighted by Gasteiger charge is -2.48. The van der Waals surface area contributed by atoms with Crippen molar-refractivity contribution in [2.24, 2.45) is 0 Å². The van der Waals surface area contributed by atoms with Gasteiger partial charge in [-0.3, -0.25) is 4.79 Å². The van der Waals surface area contributed by atoms with Gasteiger partial charge in [0.15, 0.2) is 18.9 Å². The Bertz CT molecular complexity index is 2010. The van der Waals surface area contributed by atoms with Gasteiger partial charge in [-0.05, 0) is 70.6 Å². The molecule has 0 aromatic carbocycles. The maximum atomic E-state index is 13.4. The number of rotatable bonds is 55. The first-order chi connectivity index (χ1) is 45.3. The van der Waals surface area contributed by atoms with Gasteiger partial charge in [0.25, 0.3) is 0 Å². The molecule has 93 heavy (non-hydrogen) atoms. The lowest BCUT2D eigenvalue weighted by molar-refractivity contribution is -0.379. The highest BCUT2D eigenvalue weighted by atomic mass is 16.8. The molecule has 0 aliphatic carbocycles. The maximum Gasteiger partial charge on any atom is 0.220 e. The molecule has 538 valence electrons. The third-order valence-corrected chi connectivity index (χ3v) is 17.7. The fraction of sp³-hybridized carbons (Fsp3) is 0.797. The second kappa shape index (κ2) is 54.9. The Balaban J connectivity index is 1.31. The molecule has 19 nitrogen and oxygen atoms in total. The summed E-state index contributed by atoms with van der Waals surface area (Å²) in [5, 5.41) is 120. The first-order valence-electron chi connectivity index (χ1n) is 36.3. The molecule has 3 fully saturated rings. The standard InChI is InChI=1S/C74H129NO18/c1-3-5-7-9-11-13-15-16-17-18-19-20-21-22-23-24-25-26-27-28-29-30-31-32-33-34-35-36-37-38-39-40-42-44-46-48-50-52-62(80)75-57(58(79)51-49-47-45-43-41-14-12-10-8-6-4-2)56-88-72-68(86)65(83)70(60(54-77)90-72)93-74-69(87)66(84)71(61(55-78)91-74)92-73-67(85)64(82)63(81)59(53-76)89-73/h5,7,11,13,16-17,19-20,22-23,25-26,49,51,57-61,63-74,76-79,81-87H,3-4,6,8-10,12,14-15,18,21,24,27-48,50,52-56H2,1-2H3,(H,75,80)/b7-5-,13-11-,17-16-,20-19-,23-22-,26-25-,51-49+. The Labute approximate surface area is 559 Å². The third-order valence-electron chi connectivity index (χ3n) is 17.7. The molecule has 12 N–H and O–H groups in total. The van der Waals surface area contributed by atoms with Gasteiger partial charge in [0.05, 0.1) is 38.6 Å². The molecule has 17 atom stereocenters. The van der Waals surface area contributed by atoms with Crippen molar-refractivity contribution in [2.75, 3.05) is 26.4 Å². The normalized spacial score (nSPS) is 28.0. The molecule has 0 aromatic rings. The SMILES string of the molecule is CC/C=C\C/C=C\C/C=C\C/C=C\C/C=C\C/C=C\CCCCCCCCCCCCCCCCCCCCC(=O)NC(COC1OC(CO)C(OC2OC(CO)C(OC3OC(CO)C(O)C(O)C3O)C(O)C2O)C(O)C1O)C(O)/C=C/CCCCCCCCCCC. The van der Waals surface area contributed by atoms with Crippen molar-refractivity contribution in [1.82, 2.24) is 5.32 Å². The molecule has 0 spiro atoms. The highest BCUT2D eigenvalue weighted by Gasteiger charge is 2.53. The number of unbranched alkanes of at least 4 members (excludes halogenated alkanes) is 27. The lowest BCUT2D eigenvalue weighted by atomic mass is 9.96. The van der Waals surface area contributed by atoms with Crippen molar-refractivity contribution < 1.29 is 89.4 Å². The van der Waals surface area contributed by atoms with E-state index in [1.807, 2.05) is 6.08 Å². The van der Waals surface area contributed by atoms with Gasteiger partial charge in [-0.1, -0.05) is 253 Å². The maximum absolute atomic E-state index is 13.4. The van der Waals surface area contributed by atoms with E-state index >= 15 is 0 Å². The number of carbonyl (C=O) groups excluding carboxylic acids is 1. The van der Waals surface area contributed by atoms with Crippen molar-refractivity contribution in [2.45, 2.75) is 349 Å². The number of carbonyl (C=O) groups is 1. The number of aliphatic hydroxyl groups excluding tert-OH is 11. The van der Waals surface area contributed by atoms with E-state index in [0.29, 0.717) is 6.42 Å². The number of ether oxygens (including phenoxy) is 6. The minimum Gasteiger partial charge on any atom is -0.394 e. The fourth-order valence-corrected chi connectivity index (χ4v) is 11.8. The van der Waals surface area contributed by atoms with E-state index < -0.39 is 124 Å². The molecule has 3 saturated heterocycles.